The predicted molar refractivity (Wildman–Crippen MR) is 136 cm³/mol. The normalized spacial score (nSPS) is 18.6. The van der Waals surface area contributed by atoms with Crippen LogP contribution in [0.3, 0.4) is 0 Å². The van der Waals surface area contributed by atoms with Crippen molar-refractivity contribution in [2.45, 2.75) is 44.9 Å². The quantitative estimate of drug-likeness (QED) is 0.377. The van der Waals surface area contributed by atoms with E-state index in [4.69, 9.17) is 18.9 Å². The molecule has 3 aromatic rings. The Morgan fingerprint density at radius 3 is 2.61 bits per heavy atom. The molecular weight excluding hydrogens is 461 g/mol. The van der Waals surface area contributed by atoms with E-state index in [1.807, 2.05) is 25.3 Å². The molecule has 1 atom stereocenters. The van der Waals surface area contributed by atoms with Gasteiger partial charge in [0.15, 0.2) is 23.1 Å². The Labute approximate surface area is 212 Å². The molecule has 2 aromatic carbocycles. The van der Waals surface area contributed by atoms with Crippen LogP contribution in [0.1, 0.15) is 30.7 Å². The number of hydrogen-bond acceptors (Lipinski definition) is 6. The molecule has 4 rings (SSSR count). The fourth-order valence-electron chi connectivity index (χ4n) is 4.64. The highest BCUT2D eigenvalue weighted by Gasteiger charge is 2.34. The third-order valence-electron chi connectivity index (χ3n) is 6.90. The molecule has 1 saturated heterocycles. The van der Waals surface area contributed by atoms with Gasteiger partial charge in [0.25, 0.3) is 0 Å². The van der Waals surface area contributed by atoms with Crippen LogP contribution < -0.4 is 14.2 Å². The highest BCUT2D eigenvalue weighted by molar-refractivity contribution is 5.43. The lowest BCUT2D eigenvalue weighted by molar-refractivity contribution is -0.0548. The Morgan fingerprint density at radius 2 is 1.86 bits per heavy atom. The van der Waals surface area contributed by atoms with Gasteiger partial charge in [-0.25, -0.2) is 9.37 Å². The first kappa shape index (κ1) is 26.0. The monoisotopic (exact) mass is 497 g/mol. The van der Waals surface area contributed by atoms with E-state index in [2.05, 4.69) is 20.5 Å². The van der Waals surface area contributed by atoms with Crippen molar-refractivity contribution in [3.8, 4) is 17.2 Å². The Kier molecular flexibility index (Phi) is 8.83. The summed E-state index contributed by atoms with van der Waals surface area (Å²) in [5.74, 6) is 2.35. The summed E-state index contributed by atoms with van der Waals surface area (Å²) in [5.41, 5.74) is 0.734. The second-order valence-corrected chi connectivity index (χ2v) is 9.24. The first-order valence-electron chi connectivity index (χ1n) is 12.4. The number of likely N-dealkylation sites (tertiary alicyclic amines) is 1. The van der Waals surface area contributed by atoms with E-state index in [1.165, 1.54) is 6.07 Å². The number of halogens is 1. The zero-order chi connectivity index (χ0) is 25.4. The molecular formula is C28H36FN3O4. The van der Waals surface area contributed by atoms with E-state index in [1.54, 1.807) is 38.6 Å². The zero-order valence-electron chi connectivity index (χ0n) is 21.4. The average molecular weight is 498 g/mol. The van der Waals surface area contributed by atoms with Crippen LogP contribution in [0, 0.1) is 12.7 Å². The van der Waals surface area contributed by atoms with E-state index >= 15 is 0 Å². The van der Waals surface area contributed by atoms with Gasteiger partial charge in [0.2, 0.25) is 0 Å². The summed E-state index contributed by atoms with van der Waals surface area (Å²) in [6.45, 7) is 6.19. The second-order valence-electron chi connectivity index (χ2n) is 9.24. The van der Waals surface area contributed by atoms with Gasteiger partial charge < -0.3 is 23.5 Å². The molecule has 2 heterocycles. The van der Waals surface area contributed by atoms with Crippen molar-refractivity contribution in [1.82, 2.24) is 14.5 Å². The number of methoxy groups -OCH3 is 2. The summed E-state index contributed by atoms with van der Waals surface area (Å²) in [6, 6.07) is 12.6. The number of aryl methyl sites for hydroxylation is 1. The van der Waals surface area contributed by atoms with Gasteiger partial charge in [-0.15, -0.1) is 0 Å². The molecule has 0 amide bonds. The number of benzene rings is 2. The lowest BCUT2D eigenvalue weighted by atomic mass is 9.95. The minimum absolute atomic E-state index is 0.268. The average Bonchev–Trinajstić information content (AvgIpc) is 3.19. The molecule has 0 N–H and O–H groups in total. The van der Waals surface area contributed by atoms with Gasteiger partial charge in [0.05, 0.1) is 13.7 Å². The van der Waals surface area contributed by atoms with Gasteiger partial charge in [-0.05, 0) is 62.6 Å². The number of hydrogen-bond donors (Lipinski definition) is 0. The van der Waals surface area contributed by atoms with Crippen LogP contribution in [-0.4, -0.2) is 60.6 Å². The van der Waals surface area contributed by atoms with E-state index in [0.717, 1.165) is 68.3 Å². The fraction of sp³-hybridized carbons (Fsp3) is 0.464. The maximum Gasteiger partial charge on any atom is 0.165 e. The summed E-state index contributed by atoms with van der Waals surface area (Å²) in [5, 5.41) is 0. The van der Waals surface area contributed by atoms with E-state index < -0.39 is 5.60 Å². The van der Waals surface area contributed by atoms with Gasteiger partial charge in [-0.1, -0.05) is 18.2 Å². The van der Waals surface area contributed by atoms with Gasteiger partial charge in [0, 0.05) is 32.6 Å². The van der Waals surface area contributed by atoms with Gasteiger partial charge in [-0.2, -0.15) is 0 Å². The highest BCUT2D eigenvalue weighted by Crippen LogP contribution is 2.31. The van der Waals surface area contributed by atoms with Crippen LogP contribution in [0.25, 0.3) is 0 Å². The molecule has 1 aromatic heterocycles. The summed E-state index contributed by atoms with van der Waals surface area (Å²) in [7, 11) is 3.39. The molecule has 0 saturated carbocycles. The maximum atomic E-state index is 14.0. The number of aromatic nitrogens is 2. The van der Waals surface area contributed by atoms with Crippen molar-refractivity contribution in [3.05, 3.63) is 72.1 Å². The highest BCUT2D eigenvalue weighted by atomic mass is 19.1. The third-order valence-corrected chi connectivity index (χ3v) is 6.90. The minimum atomic E-state index is -0.431. The first-order valence-corrected chi connectivity index (χ1v) is 12.4. The fourth-order valence-corrected chi connectivity index (χ4v) is 4.64. The number of ether oxygens (including phenoxy) is 4. The molecule has 0 radical (unpaired) electrons. The number of rotatable bonds is 11. The predicted octanol–water partition coefficient (Wildman–Crippen LogP) is 4.87. The largest absolute Gasteiger partial charge is 0.493 e. The minimum Gasteiger partial charge on any atom is -0.493 e. The van der Waals surface area contributed by atoms with Crippen molar-refractivity contribution >= 4 is 0 Å². The number of para-hydroxylation sites is 1. The summed E-state index contributed by atoms with van der Waals surface area (Å²) in [4.78, 5) is 6.66. The van der Waals surface area contributed by atoms with Crippen LogP contribution >= 0.6 is 0 Å². The van der Waals surface area contributed by atoms with Crippen molar-refractivity contribution < 1.29 is 23.3 Å². The first-order chi connectivity index (χ1) is 17.5. The van der Waals surface area contributed by atoms with E-state index in [0.29, 0.717) is 13.2 Å². The lowest BCUT2D eigenvalue weighted by Gasteiger charge is -2.31. The summed E-state index contributed by atoms with van der Waals surface area (Å²) in [6.07, 6.45) is 6.39. The van der Waals surface area contributed by atoms with Crippen molar-refractivity contribution in [3.63, 3.8) is 0 Å². The molecule has 7 nitrogen and oxygen atoms in total. The van der Waals surface area contributed by atoms with E-state index in [-0.39, 0.29) is 11.6 Å². The van der Waals surface area contributed by atoms with Crippen LogP contribution in [0.15, 0.2) is 54.9 Å². The van der Waals surface area contributed by atoms with Crippen molar-refractivity contribution in [2.75, 3.05) is 40.5 Å². The molecule has 1 aliphatic rings. The molecule has 194 valence electrons. The summed E-state index contributed by atoms with van der Waals surface area (Å²) >= 11 is 0. The third kappa shape index (κ3) is 6.56. The Balaban J connectivity index is 1.32. The van der Waals surface area contributed by atoms with Crippen LogP contribution in [0.4, 0.5) is 4.39 Å². The van der Waals surface area contributed by atoms with Gasteiger partial charge in [0.1, 0.15) is 24.6 Å². The van der Waals surface area contributed by atoms with Gasteiger partial charge >= 0.3 is 0 Å². The lowest BCUT2D eigenvalue weighted by Crippen LogP contribution is -2.39. The Hall–Kier alpha value is -3.10. The van der Waals surface area contributed by atoms with Crippen LogP contribution in [0.5, 0.6) is 17.2 Å². The standard InChI is InChI=1S/C28H36FN3O4/c1-22-30-13-16-32(22)17-18-35-26-10-9-23(19-27(26)33-2)20-31-14-6-11-28(34-3,12-15-31)21-36-25-8-5-4-7-24(25)29/h4-5,7-10,13,16,19H,6,11-12,14-15,17-18,20-21H2,1-3H3/t28-/m0/s1. The molecule has 0 aliphatic carbocycles. The topological polar surface area (TPSA) is 58.0 Å². The molecule has 0 unspecified atom stereocenters. The molecule has 0 spiro atoms. The zero-order valence-corrected chi connectivity index (χ0v) is 21.4. The molecule has 1 fully saturated rings. The molecule has 8 heteroatoms. The molecule has 0 bridgehead atoms. The maximum absolute atomic E-state index is 14.0. The van der Waals surface area contributed by atoms with Crippen molar-refractivity contribution in [1.29, 1.82) is 0 Å². The summed E-state index contributed by atoms with van der Waals surface area (Å²) < 4.78 is 39.4. The van der Waals surface area contributed by atoms with Crippen LogP contribution in [-0.2, 0) is 17.8 Å². The Morgan fingerprint density at radius 1 is 1.00 bits per heavy atom. The second kappa shape index (κ2) is 12.2. The smallest absolute Gasteiger partial charge is 0.165 e. The SMILES string of the molecule is COc1cc(CN2CCC[C@](COc3ccccc3F)(OC)CC2)ccc1OCCn1ccnc1C. The van der Waals surface area contributed by atoms with Gasteiger partial charge in [-0.3, -0.25) is 4.90 Å². The van der Waals surface area contributed by atoms with Crippen molar-refractivity contribution in [2.24, 2.45) is 0 Å². The Bertz CT molecular complexity index is 1120. The molecule has 36 heavy (non-hydrogen) atoms. The van der Waals surface area contributed by atoms with Crippen LogP contribution in [0.2, 0.25) is 0 Å². The number of imidazole rings is 1. The van der Waals surface area contributed by atoms with E-state index in [9.17, 15) is 4.39 Å². The molecule has 1 aliphatic heterocycles. The number of nitrogens with zero attached hydrogens (tertiary/aromatic N) is 3.